The third kappa shape index (κ3) is 3.69. The Kier molecular flexibility index (Phi) is 6.82. The van der Waals surface area contributed by atoms with Gasteiger partial charge in [-0.25, -0.2) is 0 Å². The molecule has 0 atom stereocenters. The second-order valence-corrected chi connectivity index (χ2v) is 13.6. The van der Waals surface area contributed by atoms with Crippen LogP contribution in [-0.4, -0.2) is 5.11 Å². The number of alkyl halides is 3. The van der Waals surface area contributed by atoms with Gasteiger partial charge in [-0.3, -0.25) is 0 Å². The van der Waals surface area contributed by atoms with Gasteiger partial charge in [-0.05, 0) is 90.4 Å². The number of hydrogen-bond donors (Lipinski definition) is 1. The van der Waals surface area contributed by atoms with Crippen LogP contribution in [0.2, 0.25) is 0 Å². The first kappa shape index (κ1) is 16.4. The molecule has 0 spiro atoms. The Balaban J connectivity index is 3.68. The molecule has 15 heavy (non-hydrogen) atoms. The number of phenols is 1. The molecule has 0 bridgehead atoms. The zero-order valence-electron chi connectivity index (χ0n) is 6.59. The van der Waals surface area contributed by atoms with Gasteiger partial charge in [0.05, 0.1) is 7.14 Å². The summed E-state index contributed by atoms with van der Waals surface area (Å²) in [5.41, 5.74) is 1.08. The van der Waals surface area contributed by atoms with E-state index in [1.807, 2.05) is 0 Å². The average Bonchev–Trinajstić information content (AvgIpc) is 2.09. The van der Waals surface area contributed by atoms with Crippen molar-refractivity contribution in [3.8, 4) is 5.75 Å². The zero-order chi connectivity index (χ0) is 12.0. The van der Waals surface area contributed by atoms with E-state index in [4.69, 9.17) is 0 Å². The third-order valence-corrected chi connectivity index (χ3v) is 9.04. The van der Waals surface area contributed by atoms with Crippen LogP contribution >= 0.6 is 138 Å². The summed E-state index contributed by atoms with van der Waals surface area (Å²) >= 11 is 19.3. The summed E-state index contributed by atoms with van der Waals surface area (Å²) in [6.07, 6.45) is 0. The fraction of sp³-hybridized carbons (Fsp3) is 0.143. The number of hydrogen-bond acceptors (Lipinski definition) is 1. The number of halogens is 7. The standard InChI is InChI=1S/C7HBr3I4O/c8-7(9,10)1-2(11)4(13)6(15)5(14)3(1)12/h15H. The maximum atomic E-state index is 9.89. The second-order valence-electron chi connectivity index (χ2n) is 2.48. The average molecular weight is 848 g/mol. The molecule has 0 radical (unpaired) electrons. The van der Waals surface area contributed by atoms with Crippen LogP contribution in [0.5, 0.6) is 5.75 Å². The van der Waals surface area contributed by atoms with E-state index in [2.05, 4.69) is 138 Å². The first-order valence-corrected chi connectivity index (χ1v) is 9.99. The minimum absolute atomic E-state index is 0.352. The quantitative estimate of drug-likeness (QED) is 0.190. The van der Waals surface area contributed by atoms with Crippen molar-refractivity contribution in [2.24, 2.45) is 0 Å². The Hall–Kier alpha value is 3.38. The van der Waals surface area contributed by atoms with E-state index in [1.165, 1.54) is 0 Å². The minimum atomic E-state index is -0.451. The van der Waals surface area contributed by atoms with Gasteiger partial charge in [0.1, 0.15) is 5.75 Å². The fourth-order valence-electron chi connectivity index (χ4n) is 0.869. The summed E-state index contributed by atoms with van der Waals surface area (Å²) in [5, 5.41) is 9.89. The fourth-order valence-corrected chi connectivity index (χ4v) is 8.25. The molecule has 1 aromatic carbocycles. The highest BCUT2D eigenvalue weighted by Crippen LogP contribution is 2.51. The molecule has 1 nitrogen and oxygen atoms in total. The molecule has 0 aliphatic carbocycles. The van der Waals surface area contributed by atoms with Crippen molar-refractivity contribution in [2.75, 3.05) is 0 Å². The number of rotatable bonds is 0. The Bertz CT molecular complexity index is 387. The summed E-state index contributed by atoms with van der Waals surface area (Å²) in [4.78, 5) is 0. The van der Waals surface area contributed by atoms with Crippen molar-refractivity contribution >= 4 is 138 Å². The van der Waals surface area contributed by atoms with E-state index in [0.29, 0.717) is 5.75 Å². The lowest BCUT2D eigenvalue weighted by molar-refractivity contribution is 0.466. The number of aromatic hydroxyl groups is 1. The highest BCUT2D eigenvalue weighted by atomic mass is 127. The van der Waals surface area contributed by atoms with Crippen LogP contribution in [-0.2, 0) is 2.14 Å². The SMILES string of the molecule is Oc1c(I)c(I)c(C(Br)(Br)Br)c(I)c1I. The van der Waals surface area contributed by atoms with E-state index < -0.39 is 2.14 Å². The maximum absolute atomic E-state index is 9.89. The van der Waals surface area contributed by atoms with Crippen molar-refractivity contribution in [1.29, 1.82) is 0 Å². The van der Waals surface area contributed by atoms with Crippen LogP contribution in [0.3, 0.4) is 0 Å². The lowest BCUT2D eigenvalue weighted by Crippen LogP contribution is -2.08. The molecule has 84 valence electrons. The van der Waals surface area contributed by atoms with Crippen LogP contribution in [0.15, 0.2) is 0 Å². The van der Waals surface area contributed by atoms with Gasteiger partial charge in [0, 0.05) is 12.7 Å². The van der Waals surface area contributed by atoms with Crippen LogP contribution < -0.4 is 0 Å². The van der Waals surface area contributed by atoms with Crippen LogP contribution in [0, 0.1) is 14.3 Å². The third-order valence-electron chi connectivity index (χ3n) is 1.52. The molecule has 0 saturated carbocycles. The monoisotopic (exact) mass is 845 g/mol. The van der Waals surface area contributed by atoms with Crippen molar-refractivity contribution < 1.29 is 5.11 Å². The molecule has 8 heteroatoms. The topological polar surface area (TPSA) is 20.2 Å². The van der Waals surface area contributed by atoms with Gasteiger partial charge in [-0.15, -0.1) is 0 Å². The van der Waals surface area contributed by atoms with E-state index in [0.717, 1.165) is 19.8 Å². The Morgan fingerprint density at radius 3 is 1.40 bits per heavy atom. The maximum Gasteiger partial charge on any atom is 0.161 e. The first-order chi connectivity index (χ1) is 6.68. The van der Waals surface area contributed by atoms with Gasteiger partial charge in [0.15, 0.2) is 2.14 Å². The molecule has 0 aliphatic heterocycles. The van der Waals surface area contributed by atoms with E-state index >= 15 is 0 Å². The van der Waals surface area contributed by atoms with Crippen molar-refractivity contribution in [1.82, 2.24) is 0 Å². The molecule has 1 rings (SSSR count). The molecule has 0 aliphatic rings. The summed E-state index contributed by atoms with van der Waals surface area (Å²) < 4.78 is 3.35. The van der Waals surface area contributed by atoms with Crippen molar-refractivity contribution in [2.45, 2.75) is 2.14 Å². The molecule has 0 aromatic heterocycles. The summed E-state index contributed by atoms with van der Waals surface area (Å²) in [6.45, 7) is 0. The molecule has 0 fully saturated rings. The predicted octanol–water partition coefficient (Wildman–Crippen LogP) is 6.11. The number of phenolic OH excluding ortho intramolecular Hbond substituents is 1. The summed E-state index contributed by atoms with van der Waals surface area (Å²) in [7, 11) is 0. The van der Waals surface area contributed by atoms with Crippen LogP contribution in [0.25, 0.3) is 0 Å². The first-order valence-electron chi connectivity index (χ1n) is 3.30. The molecular formula is C7HBr3I4O. The highest BCUT2D eigenvalue weighted by molar-refractivity contribution is 14.1. The second kappa shape index (κ2) is 6.22. The normalized spacial score (nSPS) is 11.9. The molecule has 0 heterocycles. The van der Waals surface area contributed by atoms with Gasteiger partial charge >= 0.3 is 0 Å². The van der Waals surface area contributed by atoms with Crippen LogP contribution in [0.1, 0.15) is 5.56 Å². The smallest absolute Gasteiger partial charge is 0.161 e. The Labute approximate surface area is 167 Å². The van der Waals surface area contributed by atoms with E-state index in [1.54, 1.807) is 0 Å². The van der Waals surface area contributed by atoms with E-state index in [-0.39, 0.29) is 0 Å². The van der Waals surface area contributed by atoms with Gasteiger partial charge in [-0.2, -0.15) is 0 Å². The van der Waals surface area contributed by atoms with Crippen molar-refractivity contribution in [3.05, 3.63) is 19.8 Å². The molecule has 0 unspecified atom stereocenters. The summed E-state index contributed by atoms with van der Waals surface area (Å²) in [5.74, 6) is 0.352. The molecule has 0 amide bonds. The zero-order valence-corrected chi connectivity index (χ0v) is 20.0. The molecule has 0 saturated heterocycles. The van der Waals surface area contributed by atoms with Gasteiger partial charge < -0.3 is 5.11 Å². The van der Waals surface area contributed by atoms with E-state index in [9.17, 15) is 5.11 Å². The lowest BCUT2D eigenvalue weighted by atomic mass is 10.2. The van der Waals surface area contributed by atoms with Gasteiger partial charge in [0.2, 0.25) is 0 Å². The number of benzene rings is 1. The van der Waals surface area contributed by atoms with Crippen molar-refractivity contribution in [3.63, 3.8) is 0 Å². The summed E-state index contributed by atoms with van der Waals surface area (Å²) in [6, 6.07) is 0. The van der Waals surface area contributed by atoms with Gasteiger partial charge in [-0.1, -0.05) is 47.8 Å². The Morgan fingerprint density at radius 2 is 1.13 bits per heavy atom. The van der Waals surface area contributed by atoms with Gasteiger partial charge in [0.25, 0.3) is 0 Å². The predicted molar refractivity (Wildman–Crippen MR) is 107 cm³/mol. The molecule has 1 aromatic rings. The molecule has 1 N–H and O–H groups in total. The Morgan fingerprint density at radius 1 is 0.800 bits per heavy atom. The highest BCUT2D eigenvalue weighted by Gasteiger charge is 2.30. The van der Waals surface area contributed by atoms with Crippen LogP contribution in [0.4, 0.5) is 0 Å². The minimum Gasteiger partial charge on any atom is -0.506 e. The molecular weight excluding hydrogens is 847 g/mol. The lowest BCUT2D eigenvalue weighted by Gasteiger charge is -2.20. The largest absolute Gasteiger partial charge is 0.506 e.